The molecule has 0 aromatic carbocycles. The van der Waals surface area contributed by atoms with Crippen LogP contribution < -0.4 is 5.32 Å². The second-order valence-electron chi connectivity index (χ2n) is 3.09. The largest absolute Gasteiger partial charge is 0.338 e. The van der Waals surface area contributed by atoms with Crippen LogP contribution in [0.1, 0.15) is 37.5 Å². The minimum atomic E-state index is 0. The standard InChI is InChI=1S/C8H13N3O.ClH/c1-2-3-7-10-8(12-11-7)6-4-5-9-6;/h6,9H,2-5H2,1H3;1H/t6-;/m1./s1. The van der Waals surface area contributed by atoms with Gasteiger partial charge in [-0.3, -0.25) is 0 Å². The van der Waals surface area contributed by atoms with E-state index in [1.54, 1.807) is 0 Å². The molecule has 0 spiro atoms. The highest BCUT2D eigenvalue weighted by Crippen LogP contribution is 2.20. The number of hydrogen-bond donors (Lipinski definition) is 1. The van der Waals surface area contributed by atoms with Crippen LogP contribution in [0.2, 0.25) is 0 Å². The SMILES string of the molecule is CCCc1noc([C@H]2CCN2)n1.Cl. The van der Waals surface area contributed by atoms with Crippen molar-refractivity contribution >= 4 is 12.4 Å². The van der Waals surface area contributed by atoms with E-state index >= 15 is 0 Å². The molecule has 2 heterocycles. The summed E-state index contributed by atoms with van der Waals surface area (Å²) in [5, 5.41) is 7.10. The Balaban J connectivity index is 0.000000845. The third-order valence-corrected chi connectivity index (χ3v) is 2.08. The van der Waals surface area contributed by atoms with Crippen LogP contribution in [-0.4, -0.2) is 16.7 Å². The highest BCUT2D eigenvalue weighted by atomic mass is 35.5. The third-order valence-electron chi connectivity index (χ3n) is 2.08. The maximum Gasteiger partial charge on any atom is 0.243 e. The average Bonchev–Trinajstić information content (AvgIpc) is 2.34. The maximum atomic E-state index is 5.10. The van der Waals surface area contributed by atoms with Gasteiger partial charge in [0.2, 0.25) is 5.89 Å². The Morgan fingerprint density at radius 3 is 2.92 bits per heavy atom. The van der Waals surface area contributed by atoms with E-state index in [-0.39, 0.29) is 12.4 Å². The second-order valence-corrected chi connectivity index (χ2v) is 3.09. The molecule has 1 N–H and O–H groups in total. The fourth-order valence-electron chi connectivity index (χ4n) is 1.23. The van der Waals surface area contributed by atoms with Crippen LogP contribution in [0.5, 0.6) is 0 Å². The first-order valence-electron chi connectivity index (χ1n) is 4.46. The predicted molar refractivity (Wildman–Crippen MR) is 50.9 cm³/mol. The first kappa shape index (κ1) is 10.5. The first-order chi connectivity index (χ1) is 5.90. The Morgan fingerprint density at radius 1 is 1.62 bits per heavy atom. The van der Waals surface area contributed by atoms with Crippen LogP contribution in [0, 0.1) is 0 Å². The van der Waals surface area contributed by atoms with Crippen molar-refractivity contribution in [2.75, 3.05) is 6.54 Å². The summed E-state index contributed by atoms with van der Waals surface area (Å²) >= 11 is 0. The van der Waals surface area contributed by atoms with Gasteiger partial charge in [-0.2, -0.15) is 4.98 Å². The topological polar surface area (TPSA) is 51.0 Å². The van der Waals surface area contributed by atoms with Crippen molar-refractivity contribution in [3.8, 4) is 0 Å². The molecule has 13 heavy (non-hydrogen) atoms. The number of aryl methyl sites for hydroxylation is 1. The Labute approximate surface area is 83.5 Å². The lowest BCUT2D eigenvalue weighted by Crippen LogP contribution is -2.35. The molecular weight excluding hydrogens is 190 g/mol. The molecule has 1 aliphatic heterocycles. The monoisotopic (exact) mass is 203 g/mol. The minimum Gasteiger partial charge on any atom is -0.338 e. The lowest BCUT2D eigenvalue weighted by molar-refractivity contribution is 0.272. The van der Waals surface area contributed by atoms with Crippen molar-refractivity contribution in [1.82, 2.24) is 15.5 Å². The van der Waals surface area contributed by atoms with Crippen molar-refractivity contribution in [2.24, 2.45) is 0 Å². The molecule has 1 aromatic heterocycles. The number of nitrogens with one attached hydrogen (secondary N) is 1. The minimum absolute atomic E-state index is 0. The van der Waals surface area contributed by atoms with Crippen molar-refractivity contribution in [1.29, 1.82) is 0 Å². The Kier molecular flexibility index (Phi) is 3.69. The van der Waals surface area contributed by atoms with E-state index in [9.17, 15) is 0 Å². The van der Waals surface area contributed by atoms with Gasteiger partial charge in [0, 0.05) is 6.42 Å². The Bertz CT molecular complexity index is 260. The highest BCUT2D eigenvalue weighted by Gasteiger charge is 2.24. The molecule has 4 nitrogen and oxygen atoms in total. The predicted octanol–water partition coefficient (Wildman–Crippen LogP) is 1.48. The summed E-state index contributed by atoms with van der Waals surface area (Å²) in [5.41, 5.74) is 0. The van der Waals surface area contributed by atoms with E-state index in [4.69, 9.17) is 4.52 Å². The molecule has 1 aromatic rings. The van der Waals surface area contributed by atoms with Crippen LogP contribution in [0.3, 0.4) is 0 Å². The maximum absolute atomic E-state index is 5.10. The first-order valence-corrected chi connectivity index (χ1v) is 4.46. The summed E-state index contributed by atoms with van der Waals surface area (Å²) in [7, 11) is 0. The zero-order valence-corrected chi connectivity index (χ0v) is 8.43. The van der Waals surface area contributed by atoms with Crippen LogP contribution in [0.4, 0.5) is 0 Å². The average molecular weight is 204 g/mol. The zero-order chi connectivity index (χ0) is 8.39. The van der Waals surface area contributed by atoms with Crippen LogP contribution in [0.25, 0.3) is 0 Å². The Morgan fingerprint density at radius 2 is 2.38 bits per heavy atom. The number of nitrogens with zero attached hydrogens (tertiary/aromatic N) is 2. The summed E-state index contributed by atoms with van der Waals surface area (Å²) < 4.78 is 5.10. The number of rotatable bonds is 3. The summed E-state index contributed by atoms with van der Waals surface area (Å²) in [6.07, 6.45) is 3.10. The molecule has 74 valence electrons. The fraction of sp³-hybridized carbons (Fsp3) is 0.750. The van der Waals surface area contributed by atoms with Crippen molar-refractivity contribution in [3.05, 3.63) is 11.7 Å². The molecule has 0 bridgehead atoms. The molecule has 0 amide bonds. The van der Waals surface area contributed by atoms with Crippen LogP contribution in [0.15, 0.2) is 4.52 Å². The molecule has 2 rings (SSSR count). The summed E-state index contributed by atoms with van der Waals surface area (Å²) in [6, 6.07) is 0.322. The molecule has 0 aliphatic carbocycles. The van der Waals surface area contributed by atoms with Gasteiger partial charge in [-0.1, -0.05) is 12.1 Å². The molecular formula is C8H14ClN3O. The summed E-state index contributed by atoms with van der Waals surface area (Å²) in [5.74, 6) is 1.59. The third kappa shape index (κ3) is 2.19. The molecule has 1 aliphatic rings. The van der Waals surface area contributed by atoms with Gasteiger partial charge in [0.05, 0.1) is 6.04 Å². The molecule has 5 heteroatoms. The molecule has 0 unspecified atom stereocenters. The molecule has 0 saturated carbocycles. The second kappa shape index (κ2) is 4.58. The summed E-state index contributed by atoms with van der Waals surface area (Å²) in [6.45, 7) is 3.17. The van der Waals surface area contributed by atoms with E-state index in [0.717, 1.165) is 37.5 Å². The number of halogens is 1. The van der Waals surface area contributed by atoms with Crippen molar-refractivity contribution in [3.63, 3.8) is 0 Å². The van der Waals surface area contributed by atoms with Gasteiger partial charge in [0.1, 0.15) is 0 Å². The smallest absolute Gasteiger partial charge is 0.243 e. The van der Waals surface area contributed by atoms with Crippen LogP contribution in [-0.2, 0) is 6.42 Å². The molecule has 1 saturated heterocycles. The molecule has 1 atom stereocenters. The van der Waals surface area contributed by atoms with Gasteiger partial charge in [-0.15, -0.1) is 12.4 Å². The van der Waals surface area contributed by atoms with E-state index in [1.807, 2.05) is 0 Å². The normalized spacial score (nSPS) is 20.5. The van der Waals surface area contributed by atoms with E-state index in [0.29, 0.717) is 6.04 Å². The fourth-order valence-corrected chi connectivity index (χ4v) is 1.23. The Hall–Kier alpha value is -0.610. The molecule has 1 fully saturated rings. The lowest BCUT2D eigenvalue weighted by atomic mass is 10.1. The number of hydrogen-bond acceptors (Lipinski definition) is 4. The van der Waals surface area contributed by atoms with Crippen LogP contribution >= 0.6 is 12.4 Å². The molecule has 0 radical (unpaired) electrons. The zero-order valence-electron chi connectivity index (χ0n) is 7.62. The lowest BCUT2D eigenvalue weighted by Gasteiger charge is -2.23. The van der Waals surface area contributed by atoms with Gasteiger partial charge in [-0.25, -0.2) is 0 Å². The van der Waals surface area contributed by atoms with Gasteiger partial charge >= 0.3 is 0 Å². The van der Waals surface area contributed by atoms with Crippen molar-refractivity contribution in [2.45, 2.75) is 32.2 Å². The van der Waals surface area contributed by atoms with Gasteiger partial charge in [0.25, 0.3) is 0 Å². The highest BCUT2D eigenvalue weighted by molar-refractivity contribution is 5.85. The van der Waals surface area contributed by atoms with Gasteiger partial charge < -0.3 is 9.84 Å². The summed E-state index contributed by atoms with van der Waals surface area (Å²) in [4.78, 5) is 4.28. The van der Waals surface area contributed by atoms with Crippen molar-refractivity contribution < 1.29 is 4.52 Å². The number of aromatic nitrogens is 2. The van der Waals surface area contributed by atoms with Gasteiger partial charge in [-0.05, 0) is 19.4 Å². The van der Waals surface area contributed by atoms with E-state index in [1.165, 1.54) is 0 Å². The van der Waals surface area contributed by atoms with E-state index in [2.05, 4.69) is 22.4 Å². The van der Waals surface area contributed by atoms with Gasteiger partial charge in [0.15, 0.2) is 5.82 Å². The van der Waals surface area contributed by atoms with E-state index < -0.39 is 0 Å². The quantitative estimate of drug-likeness (QED) is 0.809.